The molecule has 25 heavy (non-hydrogen) atoms. The molecule has 0 radical (unpaired) electrons. The number of aryl methyl sites for hydroxylation is 1. The Morgan fingerprint density at radius 2 is 2.12 bits per heavy atom. The third kappa shape index (κ3) is 2.65. The van der Waals surface area contributed by atoms with Crippen LogP contribution >= 0.6 is 0 Å². The first-order valence-corrected chi connectivity index (χ1v) is 8.28. The molecule has 0 bridgehead atoms. The zero-order chi connectivity index (χ0) is 17.6. The Labute approximate surface area is 144 Å². The van der Waals surface area contributed by atoms with Crippen LogP contribution in [0.1, 0.15) is 29.2 Å². The third-order valence-electron chi connectivity index (χ3n) is 4.72. The fourth-order valence-electron chi connectivity index (χ4n) is 3.31. The summed E-state index contributed by atoms with van der Waals surface area (Å²) in [6, 6.07) is 0.123. The molecule has 2 amide bonds. The minimum atomic E-state index is -0.0942. The van der Waals surface area contributed by atoms with Crippen LogP contribution in [0.5, 0.6) is 5.88 Å². The molecule has 0 saturated carbocycles. The molecule has 0 unspecified atom stereocenters. The van der Waals surface area contributed by atoms with E-state index in [-0.39, 0.29) is 17.9 Å². The highest BCUT2D eigenvalue weighted by Gasteiger charge is 2.35. The molecule has 132 valence electrons. The Morgan fingerprint density at radius 3 is 2.80 bits per heavy atom. The molecule has 2 aromatic rings. The van der Waals surface area contributed by atoms with E-state index in [0.717, 1.165) is 18.7 Å². The van der Waals surface area contributed by atoms with Crippen molar-refractivity contribution >= 4 is 17.5 Å². The van der Waals surface area contributed by atoms with Gasteiger partial charge in [-0.2, -0.15) is 5.10 Å². The molecule has 0 aliphatic carbocycles. The van der Waals surface area contributed by atoms with Gasteiger partial charge in [-0.25, -0.2) is 0 Å². The molecule has 2 aliphatic heterocycles. The maximum atomic E-state index is 12.6. The van der Waals surface area contributed by atoms with Crippen molar-refractivity contribution in [3.8, 4) is 5.88 Å². The lowest BCUT2D eigenvalue weighted by Crippen LogP contribution is -2.50. The first-order chi connectivity index (χ1) is 12.1. The number of carbonyl (C=O) groups excluding carboxylic acids is 2. The lowest BCUT2D eigenvalue weighted by Gasteiger charge is -2.39. The Kier molecular flexibility index (Phi) is 3.70. The van der Waals surface area contributed by atoms with Crippen molar-refractivity contribution in [2.24, 2.45) is 7.05 Å². The summed E-state index contributed by atoms with van der Waals surface area (Å²) in [4.78, 5) is 27.9. The Balaban J connectivity index is 1.41. The van der Waals surface area contributed by atoms with Crippen molar-refractivity contribution in [1.29, 1.82) is 0 Å². The summed E-state index contributed by atoms with van der Waals surface area (Å²) in [5, 5.41) is 8.48. The number of methoxy groups -OCH3 is 1. The van der Waals surface area contributed by atoms with Gasteiger partial charge in [-0.3, -0.25) is 19.0 Å². The second-order valence-corrected chi connectivity index (χ2v) is 6.42. The lowest BCUT2D eigenvalue weighted by atomic mass is 10.1. The third-order valence-corrected chi connectivity index (χ3v) is 4.72. The van der Waals surface area contributed by atoms with Crippen LogP contribution in [-0.4, -0.2) is 63.0 Å². The maximum absolute atomic E-state index is 12.6. The van der Waals surface area contributed by atoms with Gasteiger partial charge in [0.1, 0.15) is 5.56 Å². The minimum Gasteiger partial charge on any atom is -0.479 e. The number of ether oxygens (including phenoxy) is 1. The summed E-state index contributed by atoms with van der Waals surface area (Å²) < 4.78 is 8.56. The molecular weight excluding hydrogens is 324 g/mol. The molecule has 0 N–H and O–H groups in total. The summed E-state index contributed by atoms with van der Waals surface area (Å²) in [6.07, 6.45) is 6.77. The van der Waals surface area contributed by atoms with Crippen molar-refractivity contribution in [3.05, 3.63) is 24.2 Å². The fourth-order valence-corrected chi connectivity index (χ4v) is 3.31. The van der Waals surface area contributed by atoms with E-state index >= 15 is 0 Å². The van der Waals surface area contributed by atoms with Crippen molar-refractivity contribution in [3.63, 3.8) is 0 Å². The smallest absolute Gasteiger partial charge is 0.261 e. The quantitative estimate of drug-likeness (QED) is 0.804. The number of aromatic nitrogens is 4. The second-order valence-electron chi connectivity index (χ2n) is 6.42. The number of rotatable bonds is 4. The largest absolute Gasteiger partial charge is 0.479 e. The van der Waals surface area contributed by atoms with Gasteiger partial charge in [-0.15, -0.1) is 5.10 Å². The molecule has 9 heteroatoms. The van der Waals surface area contributed by atoms with Crippen LogP contribution in [-0.2, 0) is 11.8 Å². The molecule has 2 fully saturated rings. The number of likely N-dealkylation sites (tertiary alicyclic amines) is 1. The highest BCUT2D eigenvalue weighted by molar-refractivity contribution is 5.97. The van der Waals surface area contributed by atoms with Gasteiger partial charge in [0.2, 0.25) is 11.8 Å². The highest BCUT2D eigenvalue weighted by atomic mass is 16.5. The maximum Gasteiger partial charge on any atom is 0.261 e. The Hall–Kier alpha value is -2.84. The first kappa shape index (κ1) is 15.7. The monoisotopic (exact) mass is 344 g/mol. The van der Waals surface area contributed by atoms with E-state index in [1.807, 2.05) is 10.9 Å². The second kappa shape index (κ2) is 5.91. The molecule has 0 atom stereocenters. The van der Waals surface area contributed by atoms with E-state index in [4.69, 9.17) is 4.74 Å². The van der Waals surface area contributed by atoms with Crippen LogP contribution in [0, 0.1) is 0 Å². The standard InChI is InChI=1S/C16H20N6O3/c1-19-10-13(15(18-19)25-2)16(24)20-7-12(8-20)22-9-11(6-17-22)21-5-3-4-14(21)23/h6,9-10,12H,3-5,7-8H2,1-2H3. The first-order valence-electron chi connectivity index (χ1n) is 8.28. The van der Waals surface area contributed by atoms with Gasteiger partial charge < -0.3 is 14.5 Å². The molecule has 2 aliphatic rings. The van der Waals surface area contributed by atoms with Gasteiger partial charge in [0.05, 0.1) is 25.0 Å². The van der Waals surface area contributed by atoms with E-state index in [2.05, 4.69) is 10.2 Å². The summed E-state index contributed by atoms with van der Waals surface area (Å²) >= 11 is 0. The number of carbonyl (C=O) groups is 2. The Bertz CT molecular complexity index is 820. The molecule has 4 rings (SSSR count). The molecule has 2 saturated heterocycles. The van der Waals surface area contributed by atoms with Gasteiger partial charge in [0.25, 0.3) is 5.91 Å². The van der Waals surface area contributed by atoms with Crippen molar-refractivity contribution < 1.29 is 14.3 Å². The van der Waals surface area contributed by atoms with E-state index in [1.54, 1.807) is 33.9 Å². The van der Waals surface area contributed by atoms with Crippen molar-refractivity contribution in [2.45, 2.75) is 18.9 Å². The van der Waals surface area contributed by atoms with Crippen molar-refractivity contribution in [2.75, 3.05) is 31.6 Å². The van der Waals surface area contributed by atoms with Gasteiger partial charge >= 0.3 is 0 Å². The molecule has 4 heterocycles. The summed E-state index contributed by atoms with van der Waals surface area (Å²) in [7, 11) is 3.26. The Morgan fingerprint density at radius 1 is 1.32 bits per heavy atom. The molecule has 9 nitrogen and oxygen atoms in total. The number of anilines is 1. The average molecular weight is 344 g/mol. The van der Waals surface area contributed by atoms with Crippen LogP contribution in [0.2, 0.25) is 0 Å². The lowest BCUT2D eigenvalue weighted by molar-refractivity contribution is -0.117. The van der Waals surface area contributed by atoms with Crippen molar-refractivity contribution in [1.82, 2.24) is 24.5 Å². The van der Waals surface area contributed by atoms with Crippen LogP contribution in [0.25, 0.3) is 0 Å². The van der Waals surface area contributed by atoms with Gasteiger partial charge in [0, 0.05) is 45.5 Å². The molecule has 0 spiro atoms. The van der Waals surface area contributed by atoms with E-state index in [0.29, 0.717) is 31.0 Å². The summed E-state index contributed by atoms with van der Waals surface area (Å²) in [5.41, 5.74) is 1.30. The normalized spacial score (nSPS) is 17.9. The highest BCUT2D eigenvalue weighted by Crippen LogP contribution is 2.28. The number of nitrogens with zero attached hydrogens (tertiary/aromatic N) is 6. The SMILES string of the molecule is COc1nn(C)cc1C(=O)N1CC(n2cc(N3CCCC3=O)cn2)C1. The minimum absolute atomic E-state index is 0.0942. The topological polar surface area (TPSA) is 85.5 Å². The van der Waals surface area contributed by atoms with Crippen LogP contribution in [0.4, 0.5) is 5.69 Å². The zero-order valence-corrected chi connectivity index (χ0v) is 14.3. The molecular formula is C16H20N6O3. The average Bonchev–Trinajstić information content (AvgIpc) is 3.25. The number of hydrogen-bond donors (Lipinski definition) is 0. The molecule has 2 aromatic heterocycles. The van der Waals surface area contributed by atoms with Crippen LogP contribution in [0.3, 0.4) is 0 Å². The van der Waals surface area contributed by atoms with E-state index in [9.17, 15) is 9.59 Å². The van der Waals surface area contributed by atoms with Crippen LogP contribution < -0.4 is 9.64 Å². The predicted octanol–water partition coefficient (Wildman–Crippen LogP) is 0.449. The summed E-state index contributed by atoms with van der Waals surface area (Å²) in [6.45, 7) is 1.90. The summed E-state index contributed by atoms with van der Waals surface area (Å²) in [5.74, 6) is 0.391. The number of hydrogen-bond acceptors (Lipinski definition) is 5. The van der Waals surface area contributed by atoms with Gasteiger partial charge in [0.15, 0.2) is 0 Å². The molecule has 0 aromatic carbocycles. The van der Waals surface area contributed by atoms with E-state index in [1.165, 1.54) is 7.11 Å². The van der Waals surface area contributed by atoms with E-state index < -0.39 is 0 Å². The fraction of sp³-hybridized carbons (Fsp3) is 0.500. The van der Waals surface area contributed by atoms with Gasteiger partial charge in [-0.1, -0.05) is 0 Å². The number of amides is 2. The van der Waals surface area contributed by atoms with Crippen LogP contribution in [0.15, 0.2) is 18.6 Å². The predicted molar refractivity (Wildman–Crippen MR) is 88.5 cm³/mol. The van der Waals surface area contributed by atoms with Gasteiger partial charge in [-0.05, 0) is 6.42 Å². The zero-order valence-electron chi connectivity index (χ0n) is 14.3.